The molecule has 5 nitrogen and oxygen atoms in total. The lowest BCUT2D eigenvalue weighted by Gasteiger charge is -2.08. The zero-order chi connectivity index (χ0) is 17.5. The Balaban J connectivity index is 2.11. The SMILES string of the molecule is CCOc1ccc(C(C)=NNC(=O)c2cc(Cl)ccc2OC)cc1. The number of ether oxygens (including phenoxy) is 2. The second kappa shape index (κ2) is 8.36. The highest BCUT2D eigenvalue weighted by Gasteiger charge is 2.12. The lowest BCUT2D eigenvalue weighted by molar-refractivity contribution is 0.0952. The number of carbonyl (C=O) groups is 1. The highest BCUT2D eigenvalue weighted by atomic mass is 35.5. The summed E-state index contributed by atoms with van der Waals surface area (Å²) in [5.74, 6) is 0.840. The van der Waals surface area contributed by atoms with E-state index in [4.69, 9.17) is 21.1 Å². The summed E-state index contributed by atoms with van der Waals surface area (Å²) in [6, 6.07) is 12.3. The second-order valence-electron chi connectivity index (χ2n) is 4.94. The Bertz CT molecular complexity index is 742. The molecule has 0 aliphatic rings. The summed E-state index contributed by atoms with van der Waals surface area (Å²) >= 11 is 5.93. The van der Waals surface area contributed by atoms with E-state index in [1.165, 1.54) is 13.2 Å². The number of halogens is 1. The Morgan fingerprint density at radius 2 is 1.92 bits per heavy atom. The number of nitrogens with zero attached hydrogens (tertiary/aromatic N) is 1. The summed E-state index contributed by atoms with van der Waals surface area (Å²) in [4.78, 5) is 12.3. The average molecular weight is 347 g/mol. The van der Waals surface area contributed by atoms with Crippen molar-refractivity contribution >= 4 is 23.2 Å². The summed E-state index contributed by atoms with van der Waals surface area (Å²) < 4.78 is 10.6. The third kappa shape index (κ3) is 4.49. The summed E-state index contributed by atoms with van der Waals surface area (Å²) in [5, 5.41) is 4.58. The van der Waals surface area contributed by atoms with E-state index in [0.717, 1.165) is 11.3 Å². The fraction of sp³-hybridized carbons (Fsp3) is 0.222. The van der Waals surface area contributed by atoms with Crippen LogP contribution in [0.5, 0.6) is 11.5 Å². The van der Waals surface area contributed by atoms with Crippen LogP contribution >= 0.6 is 11.6 Å². The van der Waals surface area contributed by atoms with E-state index < -0.39 is 0 Å². The molecule has 0 saturated carbocycles. The number of methoxy groups -OCH3 is 1. The van der Waals surface area contributed by atoms with Gasteiger partial charge in [0.15, 0.2) is 0 Å². The quantitative estimate of drug-likeness (QED) is 0.637. The predicted octanol–water partition coefficient (Wildman–Crippen LogP) is 3.90. The molecule has 0 fully saturated rings. The number of hydrogen-bond acceptors (Lipinski definition) is 4. The molecule has 0 heterocycles. The molecule has 0 saturated heterocycles. The van der Waals surface area contributed by atoms with E-state index in [1.54, 1.807) is 12.1 Å². The molecule has 0 radical (unpaired) electrons. The molecule has 2 rings (SSSR count). The number of nitrogens with one attached hydrogen (secondary N) is 1. The Labute approximate surface area is 146 Å². The van der Waals surface area contributed by atoms with Crippen molar-refractivity contribution in [3.05, 3.63) is 58.6 Å². The van der Waals surface area contributed by atoms with Crippen LogP contribution in [0.1, 0.15) is 29.8 Å². The second-order valence-corrected chi connectivity index (χ2v) is 5.38. The smallest absolute Gasteiger partial charge is 0.275 e. The monoisotopic (exact) mass is 346 g/mol. The highest BCUT2D eigenvalue weighted by Crippen LogP contribution is 2.22. The number of carbonyl (C=O) groups excluding carboxylic acids is 1. The normalized spacial score (nSPS) is 11.1. The van der Waals surface area contributed by atoms with Gasteiger partial charge in [-0.2, -0.15) is 5.10 Å². The third-order valence-electron chi connectivity index (χ3n) is 3.31. The van der Waals surface area contributed by atoms with Crippen LogP contribution in [-0.2, 0) is 0 Å². The molecular weight excluding hydrogens is 328 g/mol. The Morgan fingerprint density at radius 3 is 2.54 bits per heavy atom. The van der Waals surface area contributed by atoms with Gasteiger partial charge in [0.2, 0.25) is 0 Å². The van der Waals surface area contributed by atoms with Crippen molar-refractivity contribution in [2.45, 2.75) is 13.8 Å². The van der Waals surface area contributed by atoms with Crippen molar-refractivity contribution in [2.75, 3.05) is 13.7 Å². The average Bonchev–Trinajstić information content (AvgIpc) is 2.60. The first-order chi connectivity index (χ1) is 11.5. The van der Waals surface area contributed by atoms with Gasteiger partial charge in [-0.1, -0.05) is 11.6 Å². The molecule has 2 aromatic carbocycles. The number of rotatable bonds is 6. The van der Waals surface area contributed by atoms with Crippen LogP contribution in [0.25, 0.3) is 0 Å². The van der Waals surface area contributed by atoms with Gasteiger partial charge in [0.1, 0.15) is 11.5 Å². The van der Waals surface area contributed by atoms with Crippen LogP contribution in [0.4, 0.5) is 0 Å². The molecule has 1 N–H and O–H groups in total. The maximum atomic E-state index is 12.3. The fourth-order valence-corrected chi connectivity index (χ4v) is 2.25. The fourth-order valence-electron chi connectivity index (χ4n) is 2.08. The first-order valence-electron chi connectivity index (χ1n) is 7.46. The van der Waals surface area contributed by atoms with Crippen LogP contribution in [-0.4, -0.2) is 25.3 Å². The van der Waals surface area contributed by atoms with Crippen LogP contribution in [0.15, 0.2) is 47.6 Å². The predicted molar refractivity (Wildman–Crippen MR) is 95.3 cm³/mol. The van der Waals surface area contributed by atoms with Crippen LogP contribution in [0.3, 0.4) is 0 Å². The Hall–Kier alpha value is -2.53. The topological polar surface area (TPSA) is 59.9 Å². The zero-order valence-corrected chi connectivity index (χ0v) is 14.6. The summed E-state index contributed by atoms with van der Waals surface area (Å²) in [7, 11) is 1.49. The minimum atomic E-state index is -0.389. The van der Waals surface area contributed by atoms with Gasteiger partial charge in [-0.25, -0.2) is 5.43 Å². The minimum Gasteiger partial charge on any atom is -0.496 e. The Kier molecular flexibility index (Phi) is 6.21. The van der Waals surface area contributed by atoms with Gasteiger partial charge in [0.05, 0.1) is 25.0 Å². The van der Waals surface area contributed by atoms with E-state index in [-0.39, 0.29) is 5.91 Å². The van der Waals surface area contributed by atoms with Gasteiger partial charge >= 0.3 is 0 Å². The molecule has 0 aromatic heterocycles. The van der Waals surface area contributed by atoms with Crippen LogP contribution < -0.4 is 14.9 Å². The van der Waals surface area contributed by atoms with Gasteiger partial charge in [0.25, 0.3) is 5.91 Å². The first-order valence-corrected chi connectivity index (χ1v) is 7.84. The highest BCUT2D eigenvalue weighted by molar-refractivity contribution is 6.31. The molecule has 0 bridgehead atoms. The summed E-state index contributed by atoms with van der Waals surface area (Å²) in [6.45, 7) is 4.36. The lowest BCUT2D eigenvalue weighted by atomic mass is 10.1. The molecule has 0 aliphatic carbocycles. The van der Waals surface area contributed by atoms with E-state index in [0.29, 0.717) is 28.7 Å². The van der Waals surface area contributed by atoms with Gasteiger partial charge in [-0.05, 0) is 61.9 Å². The van der Waals surface area contributed by atoms with Crippen molar-refractivity contribution in [1.29, 1.82) is 0 Å². The third-order valence-corrected chi connectivity index (χ3v) is 3.55. The molecule has 0 atom stereocenters. The van der Waals surface area contributed by atoms with Crippen molar-refractivity contribution in [2.24, 2.45) is 5.10 Å². The molecular formula is C18H19ClN2O3. The van der Waals surface area contributed by atoms with Gasteiger partial charge in [-0.15, -0.1) is 0 Å². The lowest BCUT2D eigenvalue weighted by Crippen LogP contribution is -2.20. The number of hydrogen-bond donors (Lipinski definition) is 1. The summed E-state index contributed by atoms with van der Waals surface area (Å²) in [5.41, 5.74) is 4.40. The maximum absolute atomic E-state index is 12.3. The largest absolute Gasteiger partial charge is 0.496 e. The first kappa shape index (κ1) is 17.8. The number of hydrazone groups is 1. The Morgan fingerprint density at radius 1 is 1.21 bits per heavy atom. The standard InChI is InChI=1S/C18H19ClN2O3/c1-4-24-15-8-5-13(6-9-15)12(2)20-21-18(22)16-11-14(19)7-10-17(16)23-3/h5-11H,4H2,1-3H3,(H,21,22). The van der Waals surface area contributed by atoms with Crippen molar-refractivity contribution in [3.8, 4) is 11.5 Å². The minimum absolute atomic E-state index is 0.327. The van der Waals surface area contributed by atoms with Gasteiger partial charge < -0.3 is 9.47 Å². The molecule has 2 aromatic rings. The van der Waals surface area contributed by atoms with Crippen molar-refractivity contribution < 1.29 is 14.3 Å². The zero-order valence-electron chi connectivity index (χ0n) is 13.8. The molecule has 24 heavy (non-hydrogen) atoms. The van der Waals surface area contributed by atoms with E-state index in [9.17, 15) is 4.79 Å². The summed E-state index contributed by atoms with van der Waals surface area (Å²) in [6.07, 6.45) is 0. The van der Waals surface area contributed by atoms with Gasteiger partial charge in [-0.3, -0.25) is 4.79 Å². The van der Waals surface area contributed by atoms with Crippen LogP contribution in [0.2, 0.25) is 5.02 Å². The number of amides is 1. The van der Waals surface area contributed by atoms with E-state index in [1.807, 2.05) is 38.1 Å². The maximum Gasteiger partial charge on any atom is 0.275 e. The van der Waals surface area contributed by atoms with E-state index >= 15 is 0 Å². The molecule has 0 spiro atoms. The van der Waals surface area contributed by atoms with Crippen LogP contribution in [0, 0.1) is 0 Å². The number of benzene rings is 2. The van der Waals surface area contributed by atoms with E-state index in [2.05, 4.69) is 10.5 Å². The molecule has 126 valence electrons. The molecule has 0 aliphatic heterocycles. The van der Waals surface area contributed by atoms with Crippen molar-refractivity contribution in [1.82, 2.24) is 5.43 Å². The molecule has 6 heteroatoms. The van der Waals surface area contributed by atoms with Gasteiger partial charge in [0, 0.05) is 5.02 Å². The van der Waals surface area contributed by atoms with Crippen molar-refractivity contribution in [3.63, 3.8) is 0 Å². The molecule has 0 unspecified atom stereocenters. The molecule has 1 amide bonds.